The number of anilines is 3. The lowest BCUT2D eigenvalue weighted by Crippen LogP contribution is -2.28. The normalized spacial score (nSPS) is 14.6. The second-order valence-electron chi connectivity index (χ2n) is 14.9. The standard InChI is InChI=1S/C59H41N/c1-4-17-42(18-5-1)43-33-37-50(38-34-43)60(51-39-35-44(36-40-51)46-21-14-22-47(41-46)53-29-15-20-45-19-10-11-27-52(45)53)57-32-16-31-56-58(57)54-28-12-13-30-55(54)59(56,48-23-6-2-7-24-48)49-25-8-3-9-26-49/h1-41H/i1D,4D,5D,17D,18D,33D,34D,37D,38D. The van der Waals surface area contributed by atoms with E-state index in [0.717, 1.165) is 66.4 Å². The van der Waals surface area contributed by atoms with Crippen LogP contribution in [0, 0.1) is 0 Å². The Morgan fingerprint density at radius 2 is 0.950 bits per heavy atom. The predicted molar refractivity (Wildman–Crippen MR) is 252 cm³/mol. The molecule has 0 spiro atoms. The Labute approximate surface area is 364 Å². The van der Waals surface area contributed by atoms with Crippen LogP contribution in [0.3, 0.4) is 0 Å². The van der Waals surface area contributed by atoms with Crippen LogP contribution < -0.4 is 4.90 Å². The van der Waals surface area contributed by atoms with Crippen molar-refractivity contribution in [1.82, 2.24) is 0 Å². The topological polar surface area (TPSA) is 3.24 Å². The minimum Gasteiger partial charge on any atom is -0.310 e. The van der Waals surface area contributed by atoms with Gasteiger partial charge < -0.3 is 4.90 Å². The molecular weight excluding hydrogens is 723 g/mol. The first kappa shape index (κ1) is 27.0. The molecule has 0 heterocycles. The Bertz CT molecular complexity index is 3570. The highest BCUT2D eigenvalue weighted by atomic mass is 15.1. The maximum Gasteiger partial charge on any atom is 0.0714 e. The number of hydrogen-bond acceptors (Lipinski definition) is 1. The molecule has 0 radical (unpaired) electrons. The van der Waals surface area contributed by atoms with E-state index in [2.05, 4.69) is 91.0 Å². The van der Waals surface area contributed by atoms with Crippen molar-refractivity contribution < 1.29 is 12.3 Å². The van der Waals surface area contributed by atoms with E-state index in [9.17, 15) is 5.48 Å². The predicted octanol–water partition coefficient (Wildman–Crippen LogP) is 15.7. The summed E-state index contributed by atoms with van der Waals surface area (Å²) >= 11 is 0. The zero-order chi connectivity index (χ0) is 47.7. The van der Waals surface area contributed by atoms with Crippen molar-refractivity contribution >= 4 is 27.8 Å². The van der Waals surface area contributed by atoms with E-state index in [0.29, 0.717) is 11.4 Å². The van der Waals surface area contributed by atoms with Gasteiger partial charge in [-0.3, -0.25) is 0 Å². The zero-order valence-corrected chi connectivity index (χ0v) is 32.4. The third-order valence-electron chi connectivity index (χ3n) is 11.7. The summed E-state index contributed by atoms with van der Waals surface area (Å²) in [4.78, 5) is 1.78. The van der Waals surface area contributed by atoms with Gasteiger partial charge in [0.25, 0.3) is 0 Å². The summed E-state index contributed by atoms with van der Waals surface area (Å²) in [6.45, 7) is 0. The number of rotatable bonds is 8. The largest absolute Gasteiger partial charge is 0.310 e. The number of nitrogens with zero attached hydrogens (tertiary/aromatic N) is 1. The van der Waals surface area contributed by atoms with Crippen molar-refractivity contribution in [1.29, 1.82) is 0 Å². The molecule has 0 N–H and O–H groups in total. The van der Waals surface area contributed by atoms with Crippen LogP contribution in [0.25, 0.3) is 55.3 Å². The van der Waals surface area contributed by atoms with Crippen LogP contribution in [-0.4, -0.2) is 0 Å². The van der Waals surface area contributed by atoms with Crippen LogP contribution in [0.15, 0.2) is 249 Å². The highest BCUT2D eigenvalue weighted by Gasteiger charge is 2.47. The van der Waals surface area contributed by atoms with Gasteiger partial charge in [-0.15, -0.1) is 0 Å². The van der Waals surface area contributed by atoms with Crippen molar-refractivity contribution in [2.75, 3.05) is 4.90 Å². The fourth-order valence-electron chi connectivity index (χ4n) is 9.11. The van der Waals surface area contributed by atoms with E-state index in [-0.39, 0.29) is 11.3 Å². The van der Waals surface area contributed by atoms with Crippen molar-refractivity contribution in [3.63, 3.8) is 0 Å². The first-order valence-corrected chi connectivity index (χ1v) is 20.0. The molecule has 10 aromatic carbocycles. The summed E-state index contributed by atoms with van der Waals surface area (Å²) in [7, 11) is 0. The minimum absolute atomic E-state index is 0.0605. The van der Waals surface area contributed by atoms with Gasteiger partial charge in [0, 0.05) is 16.9 Å². The van der Waals surface area contributed by atoms with Gasteiger partial charge in [-0.2, -0.15) is 0 Å². The van der Waals surface area contributed by atoms with Crippen LogP contribution in [-0.2, 0) is 5.41 Å². The molecule has 0 aliphatic heterocycles. The molecule has 60 heavy (non-hydrogen) atoms. The lowest BCUT2D eigenvalue weighted by Gasteiger charge is -2.34. The second-order valence-corrected chi connectivity index (χ2v) is 14.9. The molecule has 0 fully saturated rings. The summed E-state index contributed by atoms with van der Waals surface area (Å²) in [6.07, 6.45) is 0. The van der Waals surface area contributed by atoms with Gasteiger partial charge in [-0.25, -0.2) is 0 Å². The second kappa shape index (κ2) is 14.9. The molecule has 10 aromatic rings. The summed E-state index contributed by atoms with van der Waals surface area (Å²) < 4.78 is 81.1. The van der Waals surface area contributed by atoms with Crippen molar-refractivity contribution in [2.24, 2.45) is 0 Å². The van der Waals surface area contributed by atoms with E-state index < -0.39 is 65.4 Å². The number of hydrogen-bond donors (Lipinski definition) is 0. The van der Waals surface area contributed by atoms with Crippen LogP contribution in [0.5, 0.6) is 0 Å². The SMILES string of the molecule is [2H]c1c([2H])c([2H])c(-c2c([2H])c([2H])c(N(c3ccc(-c4cccc(-c5cccc6ccccc56)c4)cc3)c3cccc4c3-c3ccccc3C4(c3ccccc3)c3ccccc3)c([2H])c2[2H])c([2H])c1[2H]. The maximum absolute atomic E-state index is 9.79. The number of fused-ring (bicyclic) bond motifs is 4. The zero-order valence-electron chi connectivity index (χ0n) is 41.4. The molecule has 1 aliphatic rings. The van der Waals surface area contributed by atoms with Gasteiger partial charge >= 0.3 is 0 Å². The average molecular weight is 773 g/mol. The van der Waals surface area contributed by atoms with Gasteiger partial charge in [-0.1, -0.05) is 212 Å². The molecule has 0 bridgehead atoms. The smallest absolute Gasteiger partial charge is 0.0714 e. The lowest BCUT2D eigenvalue weighted by atomic mass is 9.68. The molecular formula is C59H41N. The summed E-state index contributed by atoms with van der Waals surface area (Å²) in [5, 5.41) is 2.31. The molecule has 1 heteroatoms. The molecule has 0 aromatic heterocycles. The Kier molecular flexibility index (Phi) is 6.71. The van der Waals surface area contributed by atoms with Gasteiger partial charge in [0.05, 0.1) is 23.4 Å². The van der Waals surface area contributed by atoms with Gasteiger partial charge in [0.2, 0.25) is 0 Å². The molecule has 0 amide bonds. The Morgan fingerprint density at radius 3 is 1.72 bits per heavy atom. The fraction of sp³-hybridized carbons (Fsp3) is 0.0169. The van der Waals surface area contributed by atoms with Crippen LogP contribution in [0.4, 0.5) is 17.1 Å². The summed E-state index contributed by atoms with van der Waals surface area (Å²) in [6, 6.07) is 60.9. The van der Waals surface area contributed by atoms with E-state index in [1.807, 2.05) is 103 Å². The molecule has 282 valence electrons. The van der Waals surface area contributed by atoms with Crippen LogP contribution in [0.2, 0.25) is 0 Å². The Hall–Kier alpha value is -7.74. The Morgan fingerprint density at radius 1 is 0.367 bits per heavy atom. The van der Waals surface area contributed by atoms with E-state index >= 15 is 0 Å². The fourth-order valence-corrected chi connectivity index (χ4v) is 9.11. The highest BCUT2D eigenvalue weighted by Crippen LogP contribution is 2.59. The van der Waals surface area contributed by atoms with Crippen LogP contribution >= 0.6 is 0 Å². The van der Waals surface area contributed by atoms with Crippen molar-refractivity contribution in [2.45, 2.75) is 5.41 Å². The van der Waals surface area contributed by atoms with Crippen molar-refractivity contribution in [3.8, 4) is 44.5 Å². The molecule has 0 atom stereocenters. The summed E-state index contributed by atoms with van der Waals surface area (Å²) in [5.41, 5.74) is 9.55. The maximum atomic E-state index is 9.79. The molecule has 0 saturated carbocycles. The molecule has 1 aliphatic carbocycles. The van der Waals surface area contributed by atoms with Gasteiger partial charge in [0.1, 0.15) is 0 Å². The van der Waals surface area contributed by atoms with Crippen LogP contribution in [0.1, 0.15) is 34.6 Å². The number of benzene rings is 10. The van der Waals surface area contributed by atoms with Crippen molar-refractivity contribution in [3.05, 3.63) is 271 Å². The highest BCUT2D eigenvalue weighted by molar-refractivity contribution is 5.99. The molecule has 0 saturated heterocycles. The third kappa shape index (κ3) is 5.86. The lowest BCUT2D eigenvalue weighted by molar-refractivity contribution is 0.768. The first-order valence-electron chi connectivity index (χ1n) is 24.5. The minimum atomic E-state index is -0.783. The monoisotopic (exact) mass is 772 g/mol. The van der Waals surface area contributed by atoms with E-state index in [1.54, 1.807) is 4.90 Å². The van der Waals surface area contributed by atoms with E-state index in [1.165, 1.54) is 0 Å². The van der Waals surface area contributed by atoms with Gasteiger partial charge in [-0.05, 0) is 108 Å². The molecule has 11 rings (SSSR count). The summed E-state index contributed by atoms with van der Waals surface area (Å²) in [5.74, 6) is 0. The molecule has 0 unspecified atom stereocenters. The van der Waals surface area contributed by atoms with Gasteiger partial charge in [0.15, 0.2) is 0 Å². The first-order chi connectivity index (χ1) is 33.5. The molecule has 1 nitrogen and oxygen atoms in total. The Balaban J connectivity index is 1.16. The quantitative estimate of drug-likeness (QED) is 0.149. The van der Waals surface area contributed by atoms with E-state index in [4.69, 9.17) is 6.85 Å². The third-order valence-corrected chi connectivity index (χ3v) is 11.7. The average Bonchev–Trinajstić information content (AvgIpc) is 3.71.